The number of benzene rings is 1. The average Bonchev–Trinajstić information content (AvgIpc) is 2.14. The number of nitrogens with one attached hydrogen (secondary N) is 1. The van der Waals surface area contributed by atoms with E-state index in [0.29, 0.717) is 5.75 Å². The number of hydrogen-bond acceptors (Lipinski definition) is 2. The monoisotopic (exact) mass is 239 g/mol. The largest absolute Gasteiger partial charge is 0.309 e. The lowest BCUT2D eigenvalue weighted by Crippen LogP contribution is -2.25. The lowest BCUT2D eigenvalue weighted by molar-refractivity contribution is 0.595. The highest BCUT2D eigenvalue weighted by Gasteiger charge is 2.12. The molecule has 0 radical (unpaired) electrons. The van der Waals surface area contributed by atoms with E-state index in [0.717, 1.165) is 6.54 Å². The van der Waals surface area contributed by atoms with Crippen molar-refractivity contribution in [1.29, 1.82) is 0 Å². The molecular weight excluding hydrogens is 218 g/mol. The molecule has 0 aromatic heterocycles. The van der Waals surface area contributed by atoms with Crippen LogP contribution in [0.1, 0.15) is 29.7 Å². The SMILES string of the molecule is CCNC(CS(C)=O)c1cc(C)cc(C)c1. The third-order valence-electron chi connectivity index (χ3n) is 2.50. The van der Waals surface area contributed by atoms with Gasteiger partial charge in [-0.2, -0.15) is 0 Å². The van der Waals surface area contributed by atoms with Crippen LogP contribution in [-0.2, 0) is 10.8 Å². The van der Waals surface area contributed by atoms with Crippen molar-refractivity contribution in [3.8, 4) is 0 Å². The molecule has 90 valence electrons. The molecule has 0 aliphatic carbocycles. The van der Waals surface area contributed by atoms with E-state index in [9.17, 15) is 4.21 Å². The molecule has 0 spiro atoms. The van der Waals surface area contributed by atoms with Gasteiger partial charge in [0.05, 0.1) is 0 Å². The van der Waals surface area contributed by atoms with Crippen LogP contribution in [0.5, 0.6) is 0 Å². The summed E-state index contributed by atoms with van der Waals surface area (Å²) in [5, 5.41) is 3.39. The van der Waals surface area contributed by atoms with E-state index in [1.807, 2.05) is 0 Å². The van der Waals surface area contributed by atoms with Gasteiger partial charge >= 0.3 is 0 Å². The van der Waals surface area contributed by atoms with Crippen LogP contribution in [0.15, 0.2) is 18.2 Å². The summed E-state index contributed by atoms with van der Waals surface area (Å²) in [6, 6.07) is 6.71. The van der Waals surface area contributed by atoms with Crippen molar-refractivity contribution in [3.63, 3.8) is 0 Å². The second kappa shape index (κ2) is 6.16. The molecule has 0 saturated heterocycles. The average molecular weight is 239 g/mol. The lowest BCUT2D eigenvalue weighted by Gasteiger charge is -2.18. The van der Waals surface area contributed by atoms with Gasteiger partial charge in [0.25, 0.3) is 0 Å². The Kier molecular flexibility index (Phi) is 5.16. The molecule has 1 aromatic rings. The Bertz CT molecular complexity index is 356. The summed E-state index contributed by atoms with van der Waals surface area (Å²) < 4.78 is 11.3. The summed E-state index contributed by atoms with van der Waals surface area (Å²) in [5.41, 5.74) is 3.77. The van der Waals surface area contributed by atoms with Crippen LogP contribution >= 0.6 is 0 Å². The molecule has 3 heteroatoms. The molecule has 0 amide bonds. The zero-order chi connectivity index (χ0) is 12.1. The van der Waals surface area contributed by atoms with Gasteiger partial charge in [0.1, 0.15) is 0 Å². The van der Waals surface area contributed by atoms with E-state index in [-0.39, 0.29) is 6.04 Å². The molecule has 0 bridgehead atoms. The molecule has 16 heavy (non-hydrogen) atoms. The molecule has 0 saturated carbocycles. The molecule has 2 atom stereocenters. The first-order valence-corrected chi connectivity index (χ1v) is 7.37. The van der Waals surface area contributed by atoms with Crippen molar-refractivity contribution < 1.29 is 4.21 Å². The van der Waals surface area contributed by atoms with Crippen LogP contribution in [0, 0.1) is 13.8 Å². The summed E-state index contributed by atoms with van der Waals surface area (Å²) in [6.45, 7) is 7.17. The minimum absolute atomic E-state index is 0.203. The van der Waals surface area contributed by atoms with Gasteiger partial charge in [0.2, 0.25) is 0 Å². The van der Waals surface area contributed by atoms with E-state index >= 15 is 0 Å². The second-order valence-electron chi connectivity index (χ2n) is 4.27. The number of aryl methyl sites for hydroxylation is 2. The topological polar surface area (TPSA) is 29.1 Å². The van der Waals surface area contributed by atoms with Gasteiger partial charge in [-0.15, -0.1) is 0 Å². The van der Waals surface area contributed by atoms with E-state index < -0.39 is 10.8 Å². The van der Waals surface area contributed by atoms with Crippen molar-refractivity contribution in [1.82, 2.24) is 5.32 Å². The van der Waals surface area contributed by atoms with Crippen molar-refractivity contribution in [2.24, 2.45) is 0 Å². The molecule has 1 rings (SSSR count). The predicted octanol–water partition coefficient (Wildman–Crippen LogP) is 2.33. The molecule has 0 heterocycles. The Morgan fingerprint density at radius 1 is 1.25 bits per heavy atom. The van der Waals surface area contributed by atoms with Gasteiger partial charge < -0.3 is 5.32 Å². The van der Waals surface area contributed by atoms with E-state index in [1.54, 1.807) is 6.26 Å². The van der Waals surface area contributed by atoms with Gasteiger partial charge in [0.15, 0.2) is 0 Å². The first kappa shape index (κ1) is 13.4. The zero-order valence-corrected chi connectivity index (χ0v) is 11.4. The second-order valence-corrected chi connectivity index (χ2v) is 5.75. The Hall–Kier alpha value is -0.670. The normalized spacial score (nSPS) is 14.8. The van der Waals surface area contributed by atoms with Crippen molar-refractivity contribution >= 4 is 10.8 Å². The van der Waals surface area contributed by atoms with Crippen LogP contribution in [0.4, 0.5) is 0 Å². The van der Waals surface area contributed by atoms with Crippen molar-refractivity contribution in [2.45, 2.75) is 26.8 Å². The standard InChI is InChI=1S/C13H21NOS/c1-5-14-13(9-16(4)15)12-7-10(2)6-11(3)8-12/h6-8,13-14H,5,9H2,1-4H3. The molecule has 0 aliphatic heterocycles. The van der Waals surface area contributed by atoms with Gasteiger partial charge in [-0.1, -0.05) is 36.2 Å². The minimum atomic E-state index is -0.773. The number of rotatable bonds is 5. The first-order chi connectivity index (χ1) is 7.52. The van der Waals surface area contributed by atoms with E-state index in [4.69, 9.17) is 0 Å². The highest BCUT2D eigenvalue weighted by molar-refractivity contribution is 7.84. The smallest absolute Gasteiger partial charge is 0.0436 e. The maximum atomic E-state index is 11.3. The van der Waals surface area contributed by atoms with Crippen LogP contribution in [0.2, 0.25) is 0 Å². The highest BCUT2D eigenvalue weighted by atomic mass is 32.2. The van der Waals surface area contributed by atoms with E-state index in [2.05, 4.69) is 44.3 Å². The Labute approximate surface area is 101 Å². The molecular formula is C13H21NOS. The molecule has 2 unspecified atom stereocenters. The Balaban J connectivity index is 2.95. The van der Waals surface area contributed by atoms with Crippen LogP contribution in [0.3, 0.4) is 0 Å². The highest BCUT2D eigenvalue weighted by Crippen LogP contribution is 2.17. The predicted molar refractivity (Wildman–Crippen MR) is 71.3 cm³/mol. The van der Waals surface area contributed by atoms with Gasteiger partial charge in [-0.3, -0.25) is 4.21 Å². The van der Waals surface area contributed by atoms with Gasteiger partial charge in [-0.25, -0.2) is 0 Å². The quantitative estimate of drug-likeness (QED) is 0.854. The first-order valence-electron chi connectivity index (χ1n) is 5.64. The van der Waals surface area contributed by atoms with Gasteiger partial charge in [-0.05, 0) is 26.0 Å². The van der Waals surface area contributed by atoms with Crippen LogP contribution in [-0.4, -0.2) is 22.8 Å². The van der Waals surface area contributed by atoms with Gasteiger partial charge in [0, 0.05) is 28.9 Å². The lowest BCUT2D eigenvalue weighted by atomic mass is 10.0. The third-order valence-corrected chi connectivity index (χ3v) is 3.30. The number of hydrogen-bond donors (Lipinski definition) is 1. The zero-order valence-electron chi connectivity index (χ0n) is 10.5. The summed E-state index contributed by atoms with van der Waals surface area (Å²) in [4.78, 5) is 0. The molecule has 1 N–H and O–H groups in total. The fourth-order valence-electron chi connectivity index (χ4n) is 1.97. The maximum Gasteiger partial charge on any atom is 0.0436 e. The maximum absolute atomic E-state index is 11.3. The van der Waals surface area contributed by atoms with Crippen molar-refractivity contribution in [3.05, 3.63) is 34.9 Å². The Morgan fingerprint density at radius 3 is 2.25 bits per heavy atom. The molecule has 0 fully saturated rings. The van der Waals surface area contributed by atoms with E-state index in [1.165, 1.54) is 16.7 Å². The minimum Gasteiger partial charge on any atom is -0.309 e. The van der Waals surface area contributed by atoms with Crippen molar-refractivity contribution in [2.75, 3.05) is 18.6 Å². The third kappa shape index (κ3) is 4.06. The molecule has 2 nitrogen and oxygen atoms in total. The van der Waals surface area contributed by atoms with Crippen LogP contribution in [0.25, 0.3) is 0 Å². The van der Waals surface area contributed by atoms with Crippen LogP contribution < -0.4 is 5.32 Å². The fourth-order valence-corrected chi connectivity index (χ4v) is 2.74. The molecule has 1 aromatic carbocycles. The summed E-state index contributed by atoms with van der Waals surface area (Å²) in [7, 11) is -0.773. The Morgan fingerprint density at radius 2 is 1.81 bits per heavy atom. The summed E-state index contributed by atoms with van der Waals surface area (Å²) in [6.07, 6.45) is 1.76. The fraction of sp³-hybridized carbons (Fsp3) is 0.538. The summed E-state index contributed by atoms with van der Waals surface area (Å²) >= 11 is 0. The molecule has 0 aliphatic rings. The summed E-state index contributed by atoms with van der Waals surface area (Å²) in [5.74, 6) is 0.677.